The zero-order valence-corrected chi connectivity index (χ0v) is 9.13. The lowest BCUT2D eigenvalue weighted by Gasteiger charge is -2.03. The molecule has 0 radical (unpaired) electrons. The van der Waals surface area contributed by atoms with Crippen LogP contribution in [0.1, 0.15) is 35.4 Å². The van der Waals surface area contributed by atoms with Crippen LogP contribution in [-0.2, 0) is 4.79 Å². The van der Waals surface area contributed by atoms with E-state index in [-0.39, 0.29) is 18.0 Å². The predicted octanol–water partition coefficient (Wildman–Crippen LogP) is 2.50. The summed E-state index contributed by atoms with van der Waals surface area (Å²) in [4.78, 5) is 22.5. The molecule has 0 unspecified atom stereocenters. The summed E-state index contributed by atoms with van der Waals surface area (Å²) in [5, 5.41) is 0. The van der Waals surface area contributed by atoms with Crippen molar-refractivity contribution in [2.45, 2.75) is 31.1 Å². The molecule has 0 amide bonds. The van der Waals surface area contributed by atoms with Crippen molar-refractivity contribution < 1.29 is 14.0 Å². The molecule has 0 N–H and O–H groups in total. The number of aryl methyl sites for hydroxylation is 1. The summed E-state index contributed by atoms with van der Waals surface area (Å²) in [6.45, 7) is 1.70. The van der Waals surface area contributed by atoms with E-state index >= 15 is 0 Å². The quantitative estimate of drug-likeness (QED) is 0.450. The van der Waals surface area contributed by atoms with Crippen LogP contribution in [0.15, 0.2) is 16.7 Å². The van der Waals surface area contributed by atoms with Gasteiger partial charge in [0.1, 0.15) is 10.6 Å². The van der Waals surface area contributed by atoms with Crippen LogP contribution in [0.5, 0.6) is 0 Å². The number of halogens is 1. The van der Waals surface area contributed by atoms with E-state index in [1.807, 2.05) is 0 Å². The second kappa shape index (κ2) is 3.49. The summed E-state index contributed by atoms with van der Waals surface area (Å²) in [5.41, 5.74) is 0.476. The van der Waals surface area contributed by atoms with Gasteiger partial charge in [-0.2, -0.15) is 0 Å². The van der Waals surface area contributed by atoms with Gasteiger partial charge in [-0.05, 0) is 25.8 Å². The lowest BCUT2D eigenvalue weighted by atomic mass is 10.0. The van der Waals surface area contributed by atoms with Crippen LogP contribution in [0, 0.1) is 6.92 Å². The Morgan fingerprint density at radius 3 is 2.67 bits per heavy atom. The molecule has 0 bridgehead atoms. The Balaban J connectivity index is 2.04. The third kappa shape index (κ3) is 1.97. The van der Waals surface area contributed by atoms with E-state index in [0.29, 0.717) is 24.2 Å². The van der Waals surface area contributed by atoms with Crippen LogP contribution in [0.25, 0.3) is 0 Å². The maximum absolute atomic E-state index is 11.7. The minimum atomic E-state index is -0.743. The van der Waals surface area contributed by atoms with Gasteiger partial charge in [-0.25, -0.2) is 0 Å². The topological polar surface area (TPSA) is 47.3 Å². The molecule has 15 heavy (non-hydrogen) atoms. The molecule has 1 fully saturated rings. The zero-order chi connectivity index (χ0) is 11.1. The fourth-order valence-corrected chi connectivity index (χ4v) is 1.62. The molecular formula is C11H11ClO3. The minimum absolute atomic E-state index is 0.121. The number of carbonyl (C=O) groups excluding carboxylic acids is 2. The van der Waals surface area contributed by atoms with Gasteiger partial charge in [0, 0.05) is 0 Å². The number of furan rings is 1. The van der Waals surface area contributed by atoms with E-state index in [0.717, 1.165) is 0 Å². The van der Waals surface area contributed by atoms with Gasteiger partial charge in [0.2, 0.25) is 0 Å². The van der Waals surface area contributed by atoms with Crippen molar-refractivity contribution in [3.05, 3.63) is 23.7 Å². The van der Waals surface area contributed by atoms with E-state index < -0.39 is 4.87 Å². The average Bonchev–Trinajstić information content (AvgIpc) is 2.77. The third-order valence-corrected chi connectivity index (χ3v) is 3.26. The van der Waals surface area contributed by atoms with Crippen LogP contribution in [0.4, 0.5) is 0 Å². The molecular weight excluding hydrogens is 216 g/mol. The molecule has 1 aromatic heterocycles. The van der Waals surface area contributed by atoms with Crippen LogP contribution in [0.3, 0.4) is 0 Å². The molecule has 80 valence electrons. The summed E-state index contributed by atoms with van der Waals surface area (Å²) in [6.07, 6.45) is 2.70. The third-order valence-electron chi connectivity index (χ3n) is 2.67. The first-order chi connectivity index (χ1) is 7.03. The fraction of sp³-hybridized carbons (Fsp3) is 0.455. The molecule has 1 heterocycles. The van der Waals surface area contributed by atoms with Crippen molar-refractivity contribution in [1.29, 1.82) is 0 Å². The van der Waals surface area contributed by atoms with Crippen molar-refractivity contribution in [3.63, 3.8) is 0 Å². The first kappa shape index (κ1) is 10.4. The number of hydrogen-bond donors (Lipinski definition) is 0. The molecule has 0 atom stereocenters. The number of Topliss-reactive ketones (excluding diaryl/α,β-unsaturated/α-hetero) is 2. The Morgan fingerprint density at radius 2 is 2.20 bits per heavy atom. The summed E-state index contributed by atoms with van der Waals surface area (Å²) in [7, 11) is 0. The van der Waals surface area contributed by atoms with Crippen LogP contribution in [0.2, 0.25) is 0 Å². The second-order valence-electron chi connectivity index (χ2n) is 3.88. The van der Waals surface area contributed by atoms with Crippen molar-refractivity contribution >= 4 is 23.2 Å². The van der Waals surface area contributed by atoms with Gasteiger partial charge in [-0.1, -0.05) is 0 Å². The highest BCUT2D eigenvalue weighted by Gasteiger charge is 2.48. The Bertz CT molecular complexity index is 415. The summed E-state index contributed by atoms with van der Waals surface area (Å²) >= 11 is 5.91. The predicted molar refractivity (Wildman–Crippen MR) is 55.2 cm³/mol. The van der Waals surface area contributed by atoms with Crippen molar-refractivity contribution in [1.82, 2.24) is 0 Å². The maximum Gasteiger partial charge on any atom is 0.173 e. The first-order valence-electron chi connectivity index (χ1n) is 4.82. The smallest absolute Gasteiger partial charge is 0.173 e. The van der Waals surface area contributed by atoms with E-state index in [1.54, 1.807) is 13.0 Å². The fourth-order valence-electron chi connectivity index (χ4n) is 1.46. The standard InChI is InChI=1S/C11H11ClO3/c1-7-8(2-5-15-7)9(13)6-10(14)11(12)3-4-11/h2,5H,3-4,6H2,1H3. The molecule has 3 nitrogen and oxygen atoms in total. The number of hydrogen-bond acceptors (Lipinski definition) is 3. The number of alkyl halides is 1. The van der Waals surface area contributed by atoms with Crippen LogP contribution < -0.4 is 0 Å². The van der Waals surface area contributed by atoms with E-state index in [9.17, 15) is 9.59 Å². The Hall–Kier alpha value is -1.09. The molecule has 0 saturated heterocycles. The number of rotatable bonds is 4. The Morgan fingerprint density at radius 1 is 1.53 bits per heavy atom. The lowest BCUT2D eigenvalue weighted by molar-refractivity contribution is -0.118. The molecule has 1 aliphatic rings. The maximum atomic E-state index is 11.7. The SMILES string of the molecule is Cc1occc1C(=O)CC(=O)C1(Cl)CC1. The first-order valence-corrected chi connectivity index (χ1v) is 5.20. The monoisotopic (exact) mass is 226 g/mol. The number of carbonyl (C=O) groups is 2. The Labute approximate surface area is 92.4 Å². The van der Waals surface area contributed by atoms with Gasteiger partial charge in [-0.15, -0.1) is 11.6 Å². The second-order valence-corrected chi connectivity index (χ2v) is 4.60. The summed E-state index contributed by atoms with van der Waals surface area (Å²) in [5.74, 6) is 0.167. The molecule has 4 heteroatoms. The summed E-state index contributed by atoms with van der Waals surface area (Å²) < 4.78 is 5.00. The molecule has 1 saturated carbocycles. The van der Waals surface area contributed by atoms with Gasteiger partial charge in [-0.3, -0.25) is 9.59 Å². The largest absolute Gasteiger partial charge is 0.469 e. The molecule has 0 spiro atoms. The van der Waals surface area contributed by atoms with Crippen molar-refractivity contribution in [3.8, 4) is 0 Å². The van der Waals surface area contributed by atoms with Crippen LogP contribution in [-0.4, -0.2) is 16.4 Å². The molecule has 1 aliphatic carbocycles. The highest BCUT2D eigenvalue weighted by molar-refractivity contribution is 6.39. The summed E-state index contributed by atoms with van der Waals surface area (Å²) in [6, 6.07) is 1.58. The van der Waals surface area contributed by atoms with Crippen molar-refractivity contribution in [2.75, 3.05) is 0 Å². The van der Waals surface area contributed by atoms with E-state index in [4.69, 9.17) is 16.0 Å². The average molecular weight is 227 g/mol. The van der Waals surface area contributed by atoms with Gasteiger partial charge in [0.05, 0.1) is 18.2 Å². The van der Waals surface area contributed by atoms with Crippen molar-refractivity contribution in [2.24, 2.45) is 0 Å². The molecule has 0 aliphatic heterocycles. The highest BCUT2D eigenvalue weighted by Crippen LogP contribution is 2.44. The minimum Gasteiger partial charge on any atom is -0.469 e. The van der Waals surface area contributed by atoms with Gasteiger partial charge >= 0.3 is 0 Å². The highest BCUT2D eigenvalue weighted by atomic mass is 35.5. The van der Waals surface area contributed by atoms with Gasteiger partial charge in [0.15, 0.2) is 11.6 Å². The van der Waals surface area contributed by atoms with E-state index in [2.05, 4.69) is 0 Å². The van der Waals surface area contributed by atoms with E-state index in [1.165, 1.54) is 6.26 Å². The lowest BCUT2D eigenvalue weighted by Crippen LogP contribution is -2.19. The van der Waals surface area contributed by atoms with Crippen LogP contribution >= 0.6 is 11.6 Å². The molecule has 2 rings (SSSR count). The Kier molecular flexibility index (Phi) is 2.43. The number of ketones is 2. The normalized spacial score (nSPS) is 17.5. The van der Waals surface area contributed by atoms with Gasteiger partial charge in [0.25, 0.3) is 0 Å². The van der Waals surface area contributed by atoms with Gasteiger partial charge < -0.3 is 4.42 Å². The zero-order valence-electron chi connectivity index (χ0n) is 8.38. The molecule has 0 aromatic carbocycles. The molecule has 1 aromatic rings.